The second kappa shape index (κ2) is 5.42. The van der Waals surface area contributed by atoms with Gasteiger partial charge in [-0.25, -0.2) is 4.98 Å². The number of rotatable bonds is 5. The van der Waals surface area contributed by atoms with Gasteiger partial charge >= 0.3 is 0 Å². The molecular formula is C11H9N3O3S. The highest BCUT2D eigenvalue weighted by Crippen LogP contribution is 2.25. The van der Waals surface area contributed by atoms with Crippen LogP contribution < -0.4 is 4.74 Å². The van der Waals surface area contributed by atoms with Crippen molar-refractivity contribution in [3.63, 3.8) is 0 Å². The third-order valence-electron chi connectivity index (χ3n) is 2.21. The van der Waals surface area contributed by atoms with Crippen molar-refractivity contribution in [1.29, 1.82) is 5.26 Å². The van der Waals surface area contributed by atoms with Gasteiger partial charge in [-0.15, -0.1) is 11.3 Å². The number of hydrogen-bond acceptors (Lipinski definition) is 6. The molecule has 1 aromatic carbocycles. The molecule has 18 heavy (non-hydrogen) atoms. The van der Waals surface area contributed by atoms with Crippen LogP contribution in [0.4, 0.5) is 0 Å². The maximum absolute atomic E-state index is 10.1. The van der Waals surface area contributed by atoms with E-state index in [1.54, 1.807) is 18.2 Å². The fraction of sp³-hybridized carbons (Fsp3) is 0.273. The van der Waals surface area contributed by atoms with Crippen molar-refractivity contribution in [3.05, 3.63) is 33.3 Å². The van der Waals surface area contributed by atoms with Crippen LogP contribution in [0.3, 0.4) is 0 Å². The summed E-state index contributed by atoms with van der Waals surface area (Å²) in [6.45, 7) is 0.206. The Labute approximate surface area is 107 Å². The van der Waals surface area contributed by atoms with Crippen LogP contribution in [0.15, 0.2) is 18.2 Å². The molecule has 0 unspecified atom stereocenters. The summed E-state index contributed by atoms with van der Waals surface area (Å²) >= 11 is 1.30. The van der Waals surface area contributed by atoms with E-state index in [-0.39, 0.29) is 11.5 Å². The number of nitrogens with zero attached hydrogens (tertiary/aromatic N) is 3. The maximum atomic E-state index is 10.1. The summed E-state index contributed by atoms with van der Waals surface area (Å²) in [6, 6.07) is 7.30. The zero-order valence-electron chi connectivity index (χ0n) is 9.33. The summed E-state index contributed by atoms with van der Waals surface area (Å²) in [5, 5.41) is 19.3. The molecule has 0 saturated heterocycles. The molecule has 2 rings (SSSR count). The lowest BCUT2D eigenvalue weighted by Crippen LogP contribution is -2.06. The fourth-order valence-electron chi connectivity index (χ4n) is 1.43. The van der Waals surface area contributed by atoms with Crippen LogP contribution >= 0.6 is 11.3 Å². The van der Waals surface area contributed by atoms with Gasteiger partial charge in [-0.2, -0.15) is 5.26 Å². The summed E-state index contributed by atoms with van der Waals surface area (Å²) in [5.74, 6) is 0.638. The Morgan fingerprint density at radius 1 is 1.56 bits per heavy atom. The maximum Gasteiger partial charge on any atom is 0.207 e. The molecule has 0 N–H and O–H groups in total. The molecule has 1 aromatic heterocycles. The number of aromatic nitrogens is 1. The highest BCUT2D eigenvalue weighted by atomic mass is 32.1. The van der Waals surface area contributed by atoms with Gasteiger partial charge in [0, 0.05) is 11.3 Å². The topological polar surface area (TPSA) is 89.0 Å². The van der Waals surface area contributed by atoms with Gasteiger partial charge < -0.3 is 4.74 Å². The molecule has 2 aromatic rings. The molecule has 0 radical (unpaired) electrons. The molecule has 0 aliphatic rings. The molecule has 0 aliphatic heterocycles. The van der Waals surface area contributed by atoms with Crippen LogP contribution in [-0.4, -0.2) is 23.1 Å². The minimum absolute atomic E-state index is 0.0959. The average molecular weight is 263 g/mol. The van der Waals surface area contributed by atoms with Crippen LogP contribution in [0.25, 0.3) is 10.2 Å². The normalized spacial score (nSPS) is 10.2. The Hall–Kier alpha value is -2.20. The Balaban J connectivity index is 2.01. The highest BCUT2D eigenvalue weighted by molar-refractivity contribution is 7.19. The predicted molar refractivity (Wildman–Crippen MR) is 66.3 cm³/mol. The van der Waals surface area contributed by atoms with Crippen molar-refractivity contribution in [1.82, 2.24) is 4.98 Å². The Morgan fingerprint density at radius 3 is 3.11 bits per heavy atom. The predicted octanol–water partition coefficient (Wildman–Crippen LogP) is 2.21. The molecule has 0 bridgehead atoms. The highest BCUT2D eigenvalue weighted by Gasteiger charge is 2.05. The summed E-state index contributed by atoms with van der Waals surface area (Å²) in [4.78, 5) is 13.9. The molecule has 1 heterocycles. The smallest absolute Gasteiger partial charge is 0.207 e. The zero-order valence-corrected chi connectivity index (χ0v) is 10.1. The Kier molecular flexibility index (Phi) is 3.69. The van der Waals surface area contributed by atoms with Crippen molar-refractivity contribution in [2.75, 3.05) is 13.2 Å². The number of nitro groups is 1. The van der Waals surface area contributed by atoms with Gasteiger partial charge in [0.15, 0.2) is 5.01 Å². The van der Waals surface area contributed by atoms with E-state index in [4.69, 9.17) is 10.00 Å². The lowest BCUT2D eigenvalue weighted by Gasteiger charge is -2.03. The first kappa shape index (κ1) is 12.3. The minimum Gasteiger partial charge on any atom is -0.493 e. The lowest BCUT2D eigenvalue weighted by atomic mass is 10.3. The SMILES string of the molecule is N#Cc1nc2ccc(OCCC[N+](=O)[O-])cc2s1. The van der Waals surface area contributed by atoms with E-state index >= 15 is 0 Å². The number of hydrogen-bond donors (Lipinski definition) is 0. The van der Waals surface area contributed by atoms with Gasteiger partial charge in [0.25, 0.3) is 0 Å². The minimum atomic E-state index is -0.366. The number of benzene rings is 1. The summed E-state index contributed by atoms with van der Waals surface area (Å²) in [6.07, 6.45) is 0.372. The van der Waals surface area contributed by atoms with Crippen molar-refractivity contribution < 1.29 is 9.66 Å². The lowest BCUT2D eigenvalue weighted by molar-refractivity contribution is -0.480. The number of ether oxygens (including phenoxy) is 1. The number of thiazole rings is 1. The van der Waals surface area contributed by atoms with Crippen molar-refractivity contribution in [2.24, 2.45) is 0 Å². The standard InChI is InChI=1S/C11H9N3O3S/c12-7-11-13-9-3-2-8(6-10(9)18-11)17-5-1-4-14(15)16/h2-3,6H,1,4-5H2. The van der Waals surface area contributed by atoms with Crippen molar-refractivity contribution in [3.8, 4) is 11.8 Å². The van der Waals surface area contributed by atoms with Crippen LogP contribution in [0.1, 0.15) is 11.4 Å². The van der Waals surface area contributed by atoms with E-state index in [1.165, 1.54) is 11.3 Å². The van der Waals surface area contributed by atoms with Crippen LogP contribution in [0, 0.1) is 21.4 Å². The largest absolute Gasteiger partial charge is 0.493 e. The summed E-state index contributed by atoms with van der Waals surface area (Å²) in [5.41, 5.74) is 0.759. The van der Waals surface area contributed by atoms with Gasteiger partial charge in [-0.05, 0) is 18.2 Å². The molecule has 92 valence electrons. The molecule has 0 atom stereocenters. The fourth-order valence-corrected chi connectivity index (χ4v) is 2.22. The molecule has 0 fully saturated rings. The monoisotopic (exact) mass is 263 g/mol. The molecule has 0 spiro atoms. The van der Waals surface area contributed by atoms with E-state index in [2.05, 4.69) is 4.98 Å². The van der Waals surface area contributed by atoms with Crippen LogP contribution in [0.2, 0.25) is 0 Å². The molecule has 0 saturated carbocycles. The third kappa shape index (κ3) is 2.93. The second-order valence-corrected chi connectivity index (χ2v) is 4.55. The van der Waals surface area contributed by atoms with E-state index in [1.807, 2.05) is 6.07 Å². The zero-order chi connectivity index (χ0) is 13.0. The first-order valence-electron chi connectivity index (χ1n) is 5.24. The molecule has 0 aliphatic carbocycles. The van der Waals surface area contributed by atoms with Gasteiger partial charge in [0.1, 0.15) is 11.8 Å². The third-order valence-corrected chi connectivity index (χ3v) is 3.13. The summed E-state index contributed by atoms with van der Waals surface area (Å²) < 4.78 is 6.27. The van der Waals surface area contributed by atoms with Crippen LogP contribution in [0.5, 0.6) is 5.75 Å². The van der Waals surface area contributed by atoms with Gasteiger partial charge in [-0.3, -0.25) is 10.1 Å². The Morgan fingerprint density at radius 2 is 2.39 bits per heavy atom. The quantitative estimate of drug-likeness (QED) is 0.468. The van der Waals surface area contributed by atoms with E-state index in [9.17, 15) is 10.1 Å². The van der Waals surface area contributed by atoms with Crippen molar-refractivity contribution >= 4 is 21.6 Å². The first-order chi connectivity index (χ1) is 8.69. The average Bonchev–Trinajstić information content (AvgIpc) is 2.76. The van der Waals surface area contributed by atoms with Crippen molar-refractivity contribution in [2.45, 2.75) is 6.42 Å². The van der Waals surface area contributed by atoms with Crippen LogP contribution in [-0.2, 0) is 0 Å². The first-order valence-corrected chi connectivity index (χ1v) is 6.06. The second-order valence-electron chi connectivity index (χ2n) is 3.52. The van der Waals surface area contributed by atoms with E-state index < -0.39 is 0 Å². The molecule has 0 amide bonds. The van der Waals surface area contributed by atoms with Gasteiger partial charge in [-0.1, -0.05) is 0 Å². The van der Waals surface area contributed by atoms with Gasteiger partial charge in [0.2, 0.25) is 6.54 Å². The molecular weight excluding hydrogens is 254 g/mol. The number of nitriles is 1. The Bertz CT molecular complexity index is 618. The van der Waals surface area contributed by atoms with E-state index in [0.29, 0.717) is 23.8 Å². The molecule has 6 nitrogen and oxygen atoms in total. The number of fused-ring (bicyclic) bond motifs is 1. The summed E-state index contributed by atoms with van der Waals surface area (Å²) in [7, 11) is 0. The van der Waals surface area contributed by atoms with E-state index in [0.717, 1.165) is 10.2 Å². The molecule has 7 heteroatoms. The van der Waals surface area contributed by atoms with Gasteiger partial charge in [0.05, 0.1) is 16.8 Å².